The molecule has 0 radical (unpaired) electrons. The molecule has 0 amide bonds. The molecule has 0 spiro atoms. The number of rotatable bonds is 8. The van der Waals surface area contributed by atoms with E-state index in [0.29, 0.717) is 0 Å². The number of hydrogen-bond donors (Lipinski definition) is 0. The van der Waals surface area contributed by atoms with Crippen LogP contribution in [0.3, 0.4) is 0 Å². The van der Waals surface area contributed by atoms with Gasteiger partial charge in [-0.1, -0.05) is 70.2 Å². The van der Waals surface area contributed by atoms with Crippen LogP contribution < -0.4 is 24.8 Å². The summed E-state index contributed by atoms with van der Waals surface area (Å²) in [4.78, 5) is 15.0. The number of aromatic nitrogens is 1. The topological polar surface area (TPSA) is 37.6 Å². The third-order valence-electron chi connectivity index (χ3n) is 5.98. The predicted octanol–water partition coefficient (Wildman–Crippen LogP) is 1.62. The molecule has 1 aromatic heterocycles. The van der Waals surface area contributed by atoms with Crippen molar-refractivity contribution in [1.82, 2.24) is 4.98 Å². The molecule has 0 saturated carbocycles. The number of benzene rings is 2. The maximum Gasteiger partial charge on any atom is 2.00 e. The Labute approximate surface area is 234 Å². The number of aryl methyl sites for hydroxylation is 4. The second kappa shape index (κ2) is 15.9. The molecule has 0 aliphatic carbocycles. The van der Waals surface area contributed by atoms with Crippen LogP contribution in [0.2, 0.25) is 0 Å². The fourth-order valence-electron chi connectivity index (χ4n) is 4.01. The van der Waals surface area contributed by atoms with E-state index in [1.54, 1.807) is 0 Å². The first-order valence-electron chi connectivity index (χ1n) is 11.8. The Balaban J connectivity index is 0.00000385. The molecular formula is C29H35Cl2FeN3. The first kappa shape index (κ1) is 33.0. The van der Waals surface area contributed by atoms with Gasteiger partial charge in [-0.3, -0.25) is 9.98 Å². The fourth-order valence-corrected chi connectivity index (χ4v) is 4.01. The summed E-state index contributed by atoms with van der Waals surface area (Å²) in [5, 5.41) is 0. The van der Waals surface area contributed by atoms with Crippen LogP contribution in [0.15, 0.2) is 64.6 Å². The summed E-state index contributed by atoms with van der Waals surface area (Å²) in [5.41, 5.74) is 10.9. The van der Waals surface area contributed by atoms with Crippen LogP contribution >= 0.6 is 0 Å². The Morgan fingerprint density at radius 2 is 0.857 bits per heavy atom. The normalized spacial score (nSPS) is 11.3. The van der Waals surface area contributed by atoms with Crippen LogP contribution in [0.5, 0.6) is 0 Å². The van der Waals surface area contributed by atoms with E-state index in [1.807, 2.05) is 26.0 Å². The van der Waals surface area contributed by atoms with E-state index in [1.165, 1.54) is 22.3 Å². The fraction of sp³-hybridized carbons (Fsp3) is 0.345. The molecule has 3 nitrogen and oxygen atoms in total. The van der Waals surface area contributed by atoms with Crippen molar-refractivity contribution in [2.45, 2.75) is 67.2 Å². The van der Waals surface area contributed by atoms with E-state index in [-0.39, 0.29) is 41.9 Å². The zero-order chi connectivity index (χ0) is 23.1. The predicted molar refractivity (Wildman–Crippen MR) is 138 cm³/mol. The molecule has 1 heterocycles. The van der Waals surface area contributed by atoms with Gasteiger partial charge in [0.1, 0.15) is 0 Å². The second-order valence-electron chi connectivity index (χ2n) is 8.07. The summed E-state index contributed by atoms with van der Waals surface area (Å²) in [6, 6.07) is 19.1. The minimum atomic E-state index is 0. The van der Waals surface area contributed by atoms with E-state index in [4.69, 9.17) is 15.0 Å². The van der Waals surface area contributed by atoms with Gasteiger partial charge in [-0.05, 0) is 73.9 Å². The standard InChI is InChI=1S/C29H35N3.2ClH.Fe/c1-7-22-14-11-15-23(8-2)28(22)30-20(5)26-18-13-19-27(32-26)21(6)31-29-24(9-3)16-12-17-25(29)10-4;;;/h11-19H,7-10H2,1-6H3;2*1H;/q;;;+2/p-2. The van der Waals surface area contributed by atoms with Gasteiger partial charge in [0.2, 0.25) is 0 Å². The van der Waals surface area contributed by atoms with Crippen LogP contribution in [0, 0.1) is 0 Å². The van der Waals surface area contributed by atoms with Gasteiger partial charge in [0, 0.05) is 0 Å². The number of halogens is 2. The minimum absolute atomic E-state index is 0. The summed E-state index contributed by atoms with van der Waals surface area (Å²) >= 11 is 0. The average Bonchev–Trinajstić information content (AvgIpc) is 2.84. The number of para-hydroxylation sites is 2. The summed E-state index contributed by atoms with van der Waals surface area (Å²) in [7, 11) is 0. The largest absolute Gasteiger partial charge is 2.00 e. The van der Waals surface area contributed by atoms with E-state index >= 15 is 0 Å². The number of pyridine rings is 1. The molecule has 0 fully saturated rings. The van der Waals surface area contributed by atoms with Gasteiger partial charge >= 0.3 is 17.1 Å². The molecule has 6 heteroatoms. The third-order valence-corrected chi connectivity index (χ3v) is 5.98. The van der Waals surface area contributed by atoms with Crippen LogP contribution in [-0.4, -0.2) is 16.4 Å². The Kier molecular flexibility index (Phi) is 15.0. The van der Waals surface area contributed by atoms with Gasteiger partial charge in [-0.25, -0.2) is 4.98 Å². The molecule has 0 N–H and O–H groups in total. The van der Waals surface area contributed by atoms with E-state index in [9.17, 15) is 0 Å². The van der Waals surface area contributed by atoms with Crippen molar-refractivity contribution in [2.75, 3.05) is 0 Å². The summed E-state index contributed by atoms with van der Waals surface area (Å²) < 4.78 is 0. The van der Waals surface area contributed by atoms with Gasteiger partial charge in [0.05, 0.1) is 34.2 Å². The van der Waals surface area contributed by atoms with Crippen molar-refractivity contribution in [3.8, 4) is 0 Å². The van der Waals surface area contributed by atoms with Crippen molar-refractivity contribution in [3.63, 3.8) is 0 Å². The van der Waals surface area contributed by atoms with E-state index < -0.39 is 0 Å². The monoisotopic (exact) mass is 551 g/mol. The van der Waals surface area contributed by atoms with E-state index in [0.717, 1.165) is 59.9 Å². The van der Waals surface area contributed by atoms with Crippen LogP contribution in [0.25, 0.3) is 0 Å². The maximum absolute atomic E-state index is 5.02. The molecule has 188 valence electrons. The molecule has 3 rings (SSSR count). The third kappa shape index (κ3) is 8.02. The molecular weight excluding hydrogens is 517 g/mol. The van der Waals surface area contributed by atoms with Gasteiger partial charge < -0.3 is 24.8 Å². The summed E-state index contributed by atoms with van der Waals surface area (Å²) in [6.07, 6.45) is 3.87. The molecule has 35 heavy (non-hydrogen) atoms. The van der Waals surface area contributed by atoms with E-state index in [2.05, 4.69) is 70.2 Å². The van der Waals surface area contributed by atoms with Crippen molar-refractivity contribution >= 4 is 22.8 Å². The van der Waals surface area contributed by atoms with Crippen LogP contribution in [0.1, 0.15) is 75.2 Å². The Morgan fingerprint density at radius 3 is 1.14 bits per heavy atom. The van der Waals surface area contributed by atoms with Crippen molar-refractivity contribution in [1.29, 1.82) is 0 Å². The minimum Gasteiger partial charge on any atom is -1.00 e. The summed E-state index contributed by atoms with van der Waals surface area (Å²) in [6.45, 7) is 12.8. The molecule has 0 aliphatic rings. The molecule has 0 atom stereocenters. The molecule has 0 aliphatic heterocycles. The Bertz CT molecular complexity index is 1030. The summed E-state index contributed by atoms with van der Waals surface area (Å²) in [5.74, 6) is 0. The van der Waals surface area contributed by atoms with Crippen molar-refractivity contribution < 1.29 is 41.9 Å². The number of nitrogens with zero attached hydrogens (tertiary/aromatic N) is 3. The molecule has 0 bridgehead atoms. The molecule has 2 aromatic carbocycles. The quantitative estimate of drug-likeness (QED) is 0.310. The smallest absolute Gasteiger partial charge is 1.00 e. The maximum atomic E-state index is 5.02. The zero-order valence-electron chi connectivity index (χ0n) is 21.5. The number of aliphatic imine (C=N–C) groups is 2. The first-order valence-corrected chi connectivity index (χ1v) is 11.8. The Hall–Kier alpha value is -1.97. The number of hydrogen-bond acceptors (Lipinski definition) is 3. The van der Waals surface area contributed by atoms with Crippen LogP contribution in [0.4, 0.5) is 11.4 Å². The van der Waals surface area contributed by atoms with Crippen molar-refractivity contribution in [3.05, 3.63) is 88.2 Å². The zero-order valence-corrected chi connectivity index (χ0v) is 24.1. The van der Waals surface area contributed by atoms with Gasteiger partial charge in [0.15, 0.2) is 0 Å². The SMILES string of the molecule is CCc1cccc(CC)c1N=C(C)c1cccc(C(C)=Nc2c(CC)cccc2CC)n1.[Cl-].[Cl-].[Fe+2]. The molecule has 0 unspecified atom stereocenters. The van der Waals surface area contributed by atoms with Gasteiger partial charge in [-0.15, -0.1) is 0 Å². The second-order valence-corrected chi connectivity index (χ2v) is 8.07. The van der Waals surface area contributed by atoms with Crippen molar-refractivity contribution in [2.24, 2.45) is 9.98 Å². The molecule has 3 aromatic rings. The first-order chi connectivity index (χ1) is 15.5. The van der Waals surface area contributed by atoms with Gasteiger partial charge in [0.25, 0.3) is 0 Å². The van der Waals surface area contributed by atoms with Gasteiger partial charge in [-0.2, -0.15) is 0 Å². The van der Waals surface area contributed by atoms with Crippen LogP contribution in [-0.2, 0) is 42.8 Å². The molecule has 0 saturated heterocycles. The Morgan fingerprint density at radius 1 is 0.571 bits per heavy atom. The average molecular weight is 552 g/mol.